The van der Waals surface area contributed by atoms with Crippen molar-refractivity contribution in [3.63, 3.8) is 0 Å². The van der Waals surface area contributed by atoms with Gasteiger partial charge in [-0.2, -0.15) is 0 Å². The van der Waals surface area contributed by atoms with Crippen LogP contribution in [-0.2, 0) is 27.4 Å². The molecule has 0 bridgehead atoms. The van der Waals surface area contributed by atoms with Crippen molar-refractivity contribution in [2.24, 2.45) is 0 Å². The van der Waals surface area contributed by atoms with E-state index in [1.807, 2.05) is 19.1 Å². The van der Waals surface area contributed by atoms with Gasteiger partial charge in [0.1, 0.15) is 6.54 Å². The molecule has 2 aromatic heterocycles. The monoisotopic (exact) mass is 362 g/mol. The number of aromatic nitrogens is 2. The Morgan fingerprint density at radius 2 is 2.32 bits per heavy atom. The SMILES string of the molecule is Cc1ccc(CNC(=O)C[C@H]2COCCN2C(=O)Cn2ccnc2)s1. The predicted octanol–water partition coefficient (Wildman–Crippen LogP) is 1.19. The van der Waals surface area contributed by atoms with Crippen molar-refractivity contribution in [1.29, 1.82) is 0 Å². The largest absolute Gasteiger partial charge is 0.377 e. The number of carbonyl (C=O) groups is 2. The Balaban J connectivity index is 1.53. The van der Waals surface area contributed by atoms with Gasteiger partial charge in [-0.25, -0.2) is 4.98 Å². The summed E-state index contributed by atoms with van der Waals surface area (Å²) in [5, 5.41) is 2.93. The van der Waals surface area contributed by atoms with Crippen LogP contribution in [0, 0.1) is 6.92 Å². The van der Waals surface area contributed by atoms with Gasteiger partial charge in [0.05, 0.1) is 32.1 Å². The van der Waals surface area contributed by atoms with E-state index in [4.69, 9.17) is 4.74 Å². The summed E-state index contributed by atoms with van der Waals surface area (Å²) in [4.78, 5) is 32.8. The molecule has 7 nitrogen and oxygen atoms in total. The molecule has 1 N–H and O–H groups in total. The molecule has 0 spiro atoms. The Hall–Kier alpha value is -2.19. The first-order chi connectivity index (χ1) is 12.1. The summed E-state index contributed by atoms with van der Waals surface area (Å²) < 4.78 is 7.20. The lowest BCUT2D eigenvalue weighted by molar-refractivity contribution is -0.142. The lowest BCUT2D eigenvalue weighted by atomic mass is 10.1. The summed E-state index contributed by atoms with van der Waals surface area (Å²) in [5.74, 6) is -0.0880. The Kier molecular flexibility index (Phi) is 5.83. The van der Waals surface area contributed by atoms with Gasteiger partial charge >= 0.3 is 0 Å². The first-order valence-electron chi connectivity index (χ1n) is 8.27. The van der Waals surface area contributed by atoms with Crippen LogP contribution in [0.5, 0.6) is 0 Å². The first-order valence-corrected chi connectivity index (χ1v) is 9.08. The maximum Gasteiger partial charge on any atom is 0.242 e. The number of nitrogens with zero attached hydrogens (tertiary/aromatic N) is 3. The molecule has 0 saturated carbocycles. The number of carbonyl (C=O) groups excluding carboxylic acids is 2. The van der Waals surface area contributed by atoms with Crippen LogP contribution in [0.1, 0.15) is 16.2 Å². The van der Waals surface area contributed by atoms with E-state index < -0.39 is 0 Å². The first kappa shape index (κ1) is 17.6. The van der Waals surface area contributed by atoms with Crippen molar-refractivity contribution in [1.82, 2.24) is 19.8 Å². The summed E-state index contributed by atoms with van der Waals surface area (Å²) in [7, 11) is 0. The Morgan fingerprint density at radius 1 is 1.44 bits per heavy atom. The van der Waals surface area contributed by atoms with Crippen LogP contribution in [0.2, 0.25) is 0 Å². The second-order valence-corrected chi connectivity index (χ2v) is 7.42. The minimum Gasteiger partial charge on any atom is -0.377 e. The van der Waals surface area contributed by atoms with Crippen molar-refractivity contribution in [3.05, 3.63) is 40.6 Å². The van der Waals surface area contributed by atoms with Crippen LogP contribution in [0.25, 0.3) is 0 Å². The van der Waals surface area contributed by atoms with E-state index in [0.717, 1.165) is 4.88 Å². The van der Waals surface area contributed by atoms with E-state index in [-0.39, 0.29) is 30.8 Å². The second-order valence-electron chi connectivity index (χ2n) is 6.04. The molecule has 2 amide bonds. The van der Waals surface area contributed by atoms with Crippen LogP contribution >= 0.6 is 11.3 Å². The smallest absolute Gasteiger partial charge is 0.242 e. The summed E-state index contributed by atoms with van der Waals surface area (Å²) in [6.07, 6.45) is 5.26. The second kappa shape index (κ2) is 8.26. The molecule has 1 aliphatic rings. The minimum atomic E-state index is -0.227. The molecule has 1 aliphatic heterocycles. The van der Waals surface area contributed by atoms with Gasteiger partial charge in [0, 0.05) is 35.1 Å². The van der Waals surface area contributed by atoms with Crippen LogP contribution in [-0.4, -0.2) is 52.1 Å². The fraction of sp³-hybridized carbons (Fsp3) is 0.471. The fourth-order valence-electron chi connectivity index (χ4n) is 2.83. The molecule has 1 fully saturated rings. The summed E-state index contributed by atoms with van der Waals surface area (Å²) in [6.45, 7) is 4.19. The van der Waals surface area contributed by atoms with Crippen molar-refractivity contribution >= 4 is 23.2 Å². The lowest BCUT2D eigenvalue weighted by Gasteiger charge is -2.35. The molecule has 3 heterocycles. The fourth-order valence-corrected chi connectivity index (χ4v) is 3.66. The van der Waals surface area contributed by atoms with E-state index in [2.05, 4.69) is 10.3 Å². The average molecular weight is 362 g/mol. The van der Waals surface area contributed by atoms with E-state index in [1.54, 1.807) is 39.5 Å². The highest BCUT2D eigenvalue weighted by atomic mass is 32.1. The zero-order valence-corrected chi connectivity index (χ0v) is 15.0. The molecule has 25 heavy (non-hydrogen) atoms. The zero-order chi connectivity index (χ0) is 17.6. The highest BCUT2D eigenvalue weighted by Crippen LogP contribution is 2.15. The highest BCUT2D eigenvalue weighted by Gasteiger charge is 2.29. The Labute approximate surface area is 150 Å². The third kappa shape index (κ3) is 4.90. The minimum absolute atomic E-state index is 0.0204. The van der Waals surface area contributed by atoms with Crippen molar-refractivity contribution < 1.29 is 14.3 Å². The van der Waals surface area contributed by atoms with Gasteiger partial charge < -0.3 is 19.5 Å². The number of aryl methyl sites for hydroxylation is 1. The van der Waals surface area contributed by atoms with Crippen LogP contribution in [0.4, 0.5) is 0 Å². The summed E-state index contributed by atoms with van der Waals surface area (Å²) >= 11 is 1.67. The summed E-state index contributed by atoms with van der Waals surface area (Å²) in [5.41, 5.74) is 0. The van der Waals surface area contributed by atoms with Crippen LogP contribution in [0.15, 0.2) is 30.9 Å². The molecule has 0 unspecified atom stereocenters. The topological polar surface area (TPSA) is 76.5 Å². The number of morpholine rings is 1. The van der Waals surface area contributed by atoms with Gasteiger partial charge in [-0.3, -0.25) is 9.59 Å². The quantitative estimate of drug-likeness (QED) is 0.837. The standard InChI is InChI=1S/C17H22N4O3S/c1-13-2-3-15(25-13)9-19-16(22)8-14-11-24-7-6-21(14)17(23)10-20-5-4-18-12-20/h2-5,12,14H,6-11H2,1H3,(H,19,22)/t14-/m0/s1. The number of thiophene rings is 1. The van der Waals surface area contributed by atoms with E-state index >= 15 is 0 Å². The number of nitrogens with one attached hydrogen (secondary N) is 1. The number of rotatable bonds is 6. The molecule has 0 aromatic carbocycles. The average Bonchev–Trinajstić information content (AvgIpc) is 3.25. The molecule has 2 aromatic rings. The van der Waals surface area contributed by atoms with Gasteiger partial charge in [0.2, 0.25) is 11.8 Å². The number of imidazole rings is 1. The Morgan fingerprint density at radius 3 is 3.04 bits per heavy atom. The lowest BCUT2D eigenvalue weighted by Crippen LogP contribution is -2.51. The van der Waals surface area contributed by atoms with Crippen LogP contribution < -0.4 is 5.32 Å². The highest BCUT2D eigenvalue weighted by molar-refractivity contribution is 7.11. The van der Waals surface area contributed by atoms with Gasteiger partial charge in [0.25, 0.3) is 0 Å². The summed E-state index contributed by atoms with van der Waals surface area (Å²) in [6, 6.07) is 3.83. The van der Waals surface area contributed by atoms with Gasteiger partial charge in [-0.05, 0) is 19.1 Å². The van der Waals surface area contributed by atoms with Crippen molar-refractivity contribution in [2.75, 3.05) is 19.8 Å². The van der Waals surface area contributed by atoms with Crippen molar-refractivity contribution in [3.8, 4) is 0 Å². The predicted molar refractivity (Wildman–Crippen MR) is 94.1 cm³/mol. The van der Waals surface area contributed by atoms with Gasteiger partial charge in [0.15, 0.2) is 0 Å². The van der Waals surface area contributed by atoms with Gasteiger partial charge in [-0.1, -0.05) is 0 Å². The van der Waals surface area contributed by atoms with E-state index in [0.29, 0.717) is 26.3 Å². The van der Waals surface area contributed by atoms with Crippen molar-refractivity contribution in [2.45, 2.75) is 32.5 Å². The maximum atomic E-state index is 12.5. The third-order valence-corrected chi connectivity index (χ3v) is 5.10. The van der Waals surface area contributed by atoms with Crippen LogP contribution in [0.3, 0.4) is 0 Å². The third-order valence-electron chi connectivity index (χ3n) is 4.10. The van der Waals surface area contributed by atoms with E-state index in [1.165, 1.54) is 4.88 Å². The molecule has 134 valence electrons. The molecule has 8 heteroatoms. The number of amides is 2. The molecular weight excluding hydrogens is 340 g/mol. The number of hydrogen-bond donors (Lipinski definition) is 1. The molecule has 1 saturated heterocycles. The Bertz CT molecular complexity index is 713. The normalized spacial score (nSPS) is 17.5. The molecule has 1 atom stereocenters. The van der Waals surface area contributed by atoms with Gasteiger partial charge in [-0.15, -0.1) is 11.3 Å². The molecule has 0 aliphatic carbocycles. The molecular formula is C17H22N4O3S. The number of hydrogen-bond acceptors (Lipinski definition) is 5. The number of ether oxygens (including phenoxy) is 1. The maximum absolute atomic E-state index is 12.5. The molecule has 0 radical (unpaired) electrons. The zero-order valence-electron chi connectivity index (χ0n) is 14.2. The molecule has 3 rings (SSSR count). The van der Waals surface area contributed by atoms with E-state index in [9.17, 15) is 9.59 Å².